The van der Waals surface area contributed by atoms with Crippen LogP contribution in [0.2, 0.25) is 0 Å². The molecule has 0 spiro atoms. The molecule has 0 bridgehead atoms. The van der Waals surface area contributed by atoms with Crippen molar-refractivity contribution in [3.8, 4) is 0 Å². The number of hydrogen-bond acceptors (Lipinski definition) is 3. The molecule has 1 amide bonds. The Morgan fingerprint density at radius 3 is 2.53 bits per heavy atom. The minimum atomic E-state index is 0.148. The lowest BCUT2D eigenvalue weighted by atomic mass is 10.2. The summed E-state index contributed by atoms with van der Waals surface area (Å²) in [5, 5.41) is 6.22. The van der Waals surface area contributed by atoms with E-state index >= 15 is 0 Å². The molecule has 0 aliphatic carbocycles. The first kappa shape index (κ1) is 18.1. The molecule has 4 nitrogen and oxygen atoms in total. The quantitative estimate of drug-likeness (QED) is 0.419. The van der Waals surface area contributed by atoms with Crippen LogP contribution in [0.5, 0.6) is 0 Å². The summed E-state index contributed by atoms with van der Waals surface area (Å²) >= 11 is 0. The molecule has 19 heavy (non-hydrogen) atoms. The van der Waals surface area contributed by atoms with E-state index in [1.807, 2.05) is 0 Å². The van der Waals surface area contributed by atoms with Gasteiger partial charge in [-0.1, -0.05) is 31.9 Å². The highest BCUT2D eigenvalue weighted by Gasteiger charge is 1.98. The molecule has 0 saturated heterocycles. The van der Waals surface area contributed by atoms with Crippen LogP contribution in [0.25, 0.3) is 0 Å². The first-order chi connectivity index (χ1) is 9.16. The zero-order chi connectivity index (χ0) is 14.3. The molecule has 0 aromatic carbocycles. The molecule has 0 radical (unpaired) electrons. The summed E-state index contributed by atoms with van der Waals surface area (Å²) < 4.78 is 0. The van der Waals surface area contributed by atoms with Gasteiger partial charge in [0.25, 0.3) is 0 Å². The van der Waals surface area contributed by atoms with Crippen molar-refractivity contribution >= 4 is 5.91 Å². The third-order valence-electron chi connectivity index (χ3n) is 2.79. The number of carbonyl (C=O) groups is 1. The van der Waals surface area contributed by atoms with Crippen LogP contribution >= 0.6 is 0 Å². The third kappa shape index (κ3) is 15.1. The van der Waals surface area contributed by atoms with Crippen molar-refractivity contribution < 1.29 is 4.79 Å². The SMILES string of the molecule is CCCC/C=C/CCC(=O)NCCNCCN(C)C. The topological polar surface area (TPSA) is 44.4 Å². The summed E-state index contributed by atoms with van der Waals surface area (Å²) in [6.07, 6.45) is 9.34. The smallest absolute Gasteiger partial charge is 0.220 e. The van der Waals surface area contributed by atoms with Gasteiger partial charge in [0, 0.05) is 32.6 Å². The normalized spacial score (nSPS) is 11.4. The highest BCUT2D eigenvalue weighted by molar-refractivity contribution is 5.75. The number of allylic oxidation sites excluding steroid dienone is 2. The summed E-state index contributed by atoms with van der Waals surface area (Å²) in [6, 6.07) is 0. The minimum Gasteiger partial charge on any atom is -0.355 e. The molecule has 0 atom stereocenters. The molecule has 0 unspecified atom stereocenters. The molecule has 0 heterocycles. The van der Waals surface area contributed by atoms with E-state index in [1.54, 1.807) is 0 Å². The number of likely N-dealkylation sites (N-methyl/N-ethyl adjacent to an activating group) is 1. The van der Waals surface area contributed by atoms with Gasteiger partial charge in [-0.15, -0.1) is 0 Å². The van der Waals surface area contributed by atoms with E-state index in [0.717, 1.165) is 32.5 Å². The molecular weight excluding hydrogens is 238 g/mol. The molecule has 4 heteroatoms. The van der Waals surface area contributed by atoms with Crippen molar-refractivity contribution in [2.75, 3.05) is 40.3 Å². The van der Waals surface area contributed by atoms with Crippen LogP contribution in [-0.2, 0) is 4.79 Å². The summed E-state index contributed by atoms with van der Waals surface area (Å²) in [5.41, 5.74) is 0. The van der Waals surface area contributed by atoms with Crippen molar-refractivity contribution in [1.29, 1.82) is 0 Å². The second-order valence-corrected chi connectivity index (χ2v) is 5.06. The molecular formula is C15H31N3O. The monoisotopic (exact) mass is 269 g/mol. The van der Waals surface area contributed by atoms with Crippen molar-refractivity contribution in [3.63, 3.8) is 0 Å². The average molecular weight is 269 g/mol. The van der Waals surface area contributed by atoms with Crippen molar-refractivity contribution in [1.82, 2.24) is 15.5 Å². The Morgan fingerprint density at radius 2 is 1.84 bits per heavy atom. The number of hydrogen-bond donors (Lipinski definition) is 2. The van der Waals surface area contributed by atoms with Gasteiger partial charge in [-0.2, -0.15) is 0 Å². The Labute approximate surface area is 118 Å². The lowest BCUT2D eigenvalue weighted by Gasteiger charge is -2.10. The average Bonchev–Trinajstić information content (AvgIpc) is 2.37. The number of carbonyl (C=O) groups excluding carboxylic acids is 1. The Kier molecular flexibility index (Phi) is 12.9. The molecule has 112 valence electrons. The summed E-state index contributed by atoms with van der Waals surface area (Å²) in [4.78, 5) is 13.6. The highest BCUT2D eigenvalue weighted by Crippen LogP contribution is 1.97. The maximum Gasteiger partial charge on any atom is 0.220 e. The van der Waals surface area contributed by atoms with Crippen molar-refractivity contribution in [3.05, 3.63) is 12.2 Å². The fraction of sp³-hybridized carbons (Fsp3) is 0.800. The van der Waals surface area contributed by atoms with Gasteiger partial charge in [-0.25, -0.2) is 0 Å². The summed E-state index contributed by atoms with van der Waals surface area (Å²) in [7, 11) is 4.11. The summed E-state index contributed by atoms with van der Waals surface area (Å²) in [6.45, 7) is 5.73. The fourth-order valence-corrected chi connectivity index (χ4v) is 1.58. The maximum absolute atomic E-state index is 11.5. The molecule has 0 saturated carbocycles. The number of nitrogens with zero attached hydrogens (tertiary/aromatic N) is 1. The van der Waals surface area contributed by atoms with Crippen LogP contribution in [0.15, 0.2) is 12.2 Å². The van der Waals surface area contributed by atoms with Gasteiger partial charge in [0.1, 0.15) is 0 Å². The standard InChI is InChI=1S/C15H31N3O/c1-4-5-6-7-8-9-10-15(19)17-12-11-16-13-14-18(2)3/h7-8,16H,4-6,9-14H2,1-3H3,(H,17,19)/b8-7+. The van der Waals surface area contributed by atoms with Crippen molar-refractivity contribution in [2.24, 2.45) is 0 Å². The van der Waals surface area contributed by atoms with E-state index in [1.165, 1.54) is 12.8 Å². The van der Waals surface area contributed by atoms with Crippen LogP contribution in [0, 0.1) is 0 Å². The van der Waals surface area contributed by atoms with E-state index in [4.69, 9.17) is 0 Å². The maximum atomic E-state index is 11.5. The molecule has 0 aliphatic rings. The van der Waals surface area contributed by atoms with Gasteiger partial charge in [0.05, 0.1) is 0 Å². The van der Waals surface area contributed by atoms with Gasteiger partial charge in [0.2, 0.25) is 5.91 Å². The van der Waals surface area contributed by atoms with Gasteiger partial charge >= 0.3 is 0 Å². The van der Waals surface area contributed by atoms with Crippen molar-refractivity contribution in [2.45, 2.75) is 39.0 Å². The number of rotatable bonds is 12. The van der Waals surface area contributed by atoms with E-state index in [-0.39, 0.29) is 5.91 Å². The minimum absolute atomic E-state index is 0.148. The molecule has 0 fully saturated rings. The van der Waals surface area contributed by atoms with Crippen LogP contribution < -0.4 is 10.6 Å². The second-order valence-electron chi connectivity index (χ2n) is 5.06. The largest absolute Gasteiger partial charge is 0.355 e. The number of unbranched alkanes of at least 4 members (excludes halogenated alkanes) is 2. The fourth-order valence-electron chi connectivity index (χ4n) is 1.58. The molecule has 0 aromatic rings. The second kappa shape index (κ2) is 13.6. The Bertz CT molecular complexity index is 240. The van der Waals surface area contributed by atoms with Crippen LogP contribution in [0.3, 0.4) is 0 Å². The zero-order valence-corrected chi connectivity index (χ0v) is 12.9. The highest BCUT2D eigenvalue weighted by atomic mass is 16.1. The Morgan fingerprint density at radius 1 is 1.11 bits per heavy atom. The van der Waals surface area contributed by atoms with E-state index in [0.29, 0.717) is 13.0 Å². The van der Waals surface area contributed by atoms with Crippen LogP contribution in [-0.4, -0.2) is 51.1 Å². The first-order valence-corrected chi connectivity index (χ1v) is 7.44. The van der Waals surface area contributed by atoms with E-state index < -0.39 is 0 Å². The molecule has 0 aliphatic heterocycles. The van der Waals surface area contributed by atoms with E-state index in [9.17, 15) is 4.79 Å². The lowest BCUT2D eigenvalue weighted by molar-refractivity contribution is -0.120. The van der Waals surface area contributed by atoms with Crippen LogP contribution in [0.1, 0.15) is 39.0 Å². The number of amides is 1. The molecule has 2 N–H and O–H groups in total. The van der Waals surface area contributed by atoms with Gasteiger partial charge < -0.3 is 15.5 Å². The molecule has 0 rings (SSSR count). The third-order valence-corrected chi connectivity index (χ3v) is 2.79. The van der Waals surface area contributed by atoms with E-state index in [2.05, 4.69) is 48.7 Å². The van der Waals surface area contributed by atoms with Gasteiger partial charge in [0.15, 0.2) is 0 Å². The first-order valence-electron chi connectivity index (χ1n) is 7.44. The Hall–Kier alpha value is -0.870. The zero-order valence-electron chi connectivity index (χ0n) is 12.9. The predicted octanol–water partition coefficient (Wildman–Crippen LogP) is 1.78. The Balaban J connectivity index is 3.28. The van der Waals surface area contributed by atoms with Crippen LogP contribution in [0.4, 0.5) is 0 Å². The van der Waals surface area contributed by atoms with Gasteiger partial charge in [-0.05, 0) is 26.9 Å². The van der Waals surface area contributed by atoms with Gasteiger partial charge in [-0.3, -0.25) is 4.79 Å². The number of nitrogens with one attached hydrogen (secondary N) is 2. The predicted molar refractivity (Wildman–Crippen MR) is 82.3 cm³/mol. The lowest BCUT2D eigenvalue weighted by Crippen LogP contribution is -2.34. The molecule has 0 aromatic heterocycles. The summed E-state index contributed by atoms with van der Waals surface area (Å²) in [5.74, 6) is 0.148.